The van der Waals surface area contributed by atoms with Gasteiger partial charge < -0.3 is 19.2 Å². The maximum atomic E-state index is 12.4. The molecule has 2 aromatic heterocycles. The zero-order valence-electron chi connectivity index (χ0n) is 17.4. The highest BCUT2D eigenvalue weighted by molar-refractivity contribution is 7.14. The van der Waals surface area contributed by atoms with Crippen LogP contribution in [0.5, 0.6) is 11.5 Å². The van der Waals surface area contributed by atoms with E-state index in [-0.39, 0.29) is 12.3 Å². The number of nitrogens with one attached hydrogen (secondary N) is 1. The van der Waals surface area contributed by atoms with Gasteiger partial charge in [0.05, 0.1) is 26.1 Å². The maximum absolute atomic E-state index is 12.4. The van der Waals surface area contributed by atoms with E-state index in [1.807, 2.05) is 35.7 Å². The van der Waals surface area contributed by atoms with Crippen LogP contribution in [0.3, 0.4) is 0 Å². The molecule has 9 heteroatoms. The summed E-state index contributed by atoms with van der Waals surface area (Å²) in [6.45, 7) is 0. The molecule has 0 spiro atoms. The number of aromatic nitrogens is 2. The lowest BCUT2D eigenvalue weighted by molar-refractivity contribution is -0.116. The highest BCUT2D eigenvalue weighted by atomic mass is 35.5. The van der Waals surface area contributed by atoms with Gasteiger partial charge in [0, 0.05) is 34.4 Å². The number of rotatable bonds is 8. The fourth-order valence-corrected chi connectivity index (χ4v) is 3.90. The van der Waals surface area contributed by atoms with E-state index < -0.39 is 0 Å². The molecule has 4 rings (SSSR count). The average molecular weight is 470 g/mol. The summed E-state index contributed by atoms with van der Waals surface area (Å²) in [5.41, 5.74) is 2.36. The summed E-state index contributed by atoms with van der Waals surface area (Å²) < 4.78 is 16.4. The third-order valence-corrected chi connectivity index (χ3v) is 5.69. The minimum Gasteiger partial charge on any atom is -0.497 e. The van der Waals surface area contributed by atoms with E-state index in [2.05, 4.69) is 15.3 Å². The molecule has 2 aromatic carbocycles. The van der Waals surface area contributed by atoms with E-state index in [0.29, 0.717) is 45.4 Å². The van der Waals surface area contributed by atoms with Crippen molar-refractivity contribution < 1.29 is 18.7 Å². The van der Waals surface area contributed by atoms with Crippen molar-refractivity contribution in [2.45, 2.75) is 12.8 Å². The number of hydrogen-bond acceptors (Lipinski definition) is 7. The first-order valence-electron chi connectivity index (χ1n) is 9.74. The largest absolute Gasteiger partial charge is 0.497 e. The Kier molecular flexibility index (Phi) is 6.72. The number of nitrogens with zero attached hydrogens (tertiary/aromatic N) is 2. The number of hydrogen-bond donors (Lipinski definition) is 1. The van der Waals surface area contributed by atoms with E-state index in [1.54, 1.807) is 32.5 Å². The van der Waals surface area contributed by atoms with Gasteiger partial charge in [0.1, 0.15) is 11.5 Å². The normalized spacial score (nSPS) is 10.7. The smallest absolute Gasteiger partial charge is 0.226 e. The Morgan fingerprint density at radius 1 is 1.16 bits per heavy atom. The van der Waals surface area contributed by atoms with Crippen LogP contribution in [0, 0.1) is 0 Å². The minimum absolute atomic E-state index is 0.172. The molecular formula is C23H20ClN3O4S. The number of amides is 1. The number of anilines is 1. The molecule has 0 aliphatic heterocycles. The van der Waals surface area contributed by atoms with Gasteiger partial charge >= 0.3 is 0 Å². The Morgan fingerprint density at radius 2 is 1.97 bits per heavy atom. The lowest BCUT2D eigenvalue weighted by Gasteiger charge is -2.08. The second kappa shape index (κ2) is 9.84. The summed E-state index contributed by atoms with van der Waals surface area (Å²) in [5, 5.41) is 5.84. The molecule has 0 radical (unpaired) electrons. The van der Waals surface area contributed by atoms with Crippen molar-refractivity contribution in [1.29, 1.82) is 0 Å². The number of benzene rings is 2. The standard InChI is InChI=1S/C23H20ClN3O4S/c1-29-16-7-8-19(30-2)17(11-16)18-13-32-23(26-18)27-21(28)9-10-22-25-12-20(31-22)14-3-5-15(24)6-4-14/h3-8,11-13H,9-10H2,1-2H3,(H,26,27,28). The molecule has 0 bridgehead atoms. The third-order valence-electron chi connectivity index (χ3n) is 4.68. The first-order chi connectivity index (χ1) is 15.6. The molecule has 32 heavy (non-hydrogen) atoms. The average Bonchev–Trinajstić information content (AvgIpc) is 3.47. The number of halogens is 1. The molecule has 1 N–H and O–H groups in total. The fraction of sp³-hybridized carbons (Fsp3) is 0.174. The first-order valence-corrected chi connectivity index (χ1v) is 11.0. The highest BCUT2D eigenvalue weighted by Crippen LogP contribution is 2.35. The van der Waals surface area contributed by atoms with Crippen molar-refractivity contribution in [1.82, 2.24) is 9.97 Å². The van der Waals surface area contributed by atoms with Gasteiger partial charge in [-0.1, -0.05) is 11.6 Å². The summed E-state index contributed by atoms with van der Waals surface area (Å²) in [6, 6.07) is 12.8. The SMILES string of the molecule is COc1ccc(OC)c(-c2csc(NC(=O)CCc3ncc(-c4ccc(Cl)cc4)o3)n2)c1. The van der Waals surface area contributed by atoms with Gasteiger partial charge in [-0.2, -0.15) is 0 Å². The first kappa shape index (κ1) is 21.9. The van der Waals surface area contributed by atoms with Crippen molar-refractivity contribution in [3.8, 4) is 34.1 Å². The number of ether oxygens (including phenoxy) is 2. The van der Waals surface area contributed by atoms with Gasteiger partial charge in [-0.15, -0.1) is 11.3 Å². The van der Waals surface area contributed by atoms with Crippen LogP contribution in [0.1, 0.15) is 12.3 Å². The summed E-state index contributed by atoms with van der Waals surface area (Å²) in [6.07, 6.45) is 2.24. The molecule has 0 saturated heterocycles. The molecule has 1 amide bonds. The maximum Gasteiger partial charge on any atom is 0.226 e. The lowest BCUT2D eigenvalue weighted by Crippen LogP contribution is -2.12. The predicted octanol–water partition coefficient (Wildman–Crippen LogP) is 5.71. The summed E-state index contributed by atoms with van der Waals surface area (Å²) in [4.78, 5) is 21.2. The number of aryl methyl sites for hydroxylation is 1. The number of carbonyl (C=O) groups is 1. The minimum atomic E-state index is -0.172. The second-order valence-corrected chi connectivity index (χ2v) is 8.07. The number of oxazole rings is 1. The van der Waals surface area contributed by atoms with E-state index >= 15 is 0 Å². The lowest BCUT2D eigenvalue weighted by atomic mass is 10.1. The molecule has 0 aliphatic carbocycles. The fourth-order valence-electron chi connectivity index (χ4n) is 3.04. The topological polar surface area (TPSA) is 86.5 Å². The van der Waals surface area contributed by atoms with Crippen LogP contribution < -0.4 is 14.8 Å². The highest BCUT2D eigenvalue weighted by Gasteiger charge is 2.14. The molecule has 7 nitrogen and oxygen atoms in total. The van der Waals surface area contributed by atoms with Gasteiger partial charge in [-0.25, -0.2) is 9.97 Å². The Morgan fingerprint density at radius 3 is 2.72 bits per heavy atom. The Bertz CT molecular complexity index is 1220. The predicted molar refractivity (Wildman–Crippen MR) is 125 cm³/mol. The van der Waals surface area contributed by atoms with Crippen LogP contribution in [-0.4, -0.2) is 30.1 Å². The van der Waals surface area contributed by atoms with Gasteiger partial charge in [-0.3, -0.25) is 4.79 Å². The summed E-state index contributed by atoms with van der Waals surface area (Å²) in [7, 11) is 3.20. The number of thiazole rings is 1. The van der Waals surface area contributed by atoms with Crippen LogP contribution in [0.2, 0.25) is 5.02 Å². The van der Waals surface area contributed by atoms with Gasteiger partial charge in [0.25, 0.3) is 0 Å². The van der Waals surface area contributed by atoms with Crippen LogP contribution in [0.15, 0.2) is 58.5 Å². The molecule has 0 fully saturated rings. The number of carbonyl (C=O) groups excluding carboxylic acids is 1. The van der Waals surface area contributed by atoms with Crippen molar-refractivity contribution >= 4 is 34.0 Å². The molecular weight excluding hydrogens is 450 g/mol. The van der Waals surface area contributed by atoms with Crippen molar-refractivity contribution in [2.75, 3.05) is 19.5 Å². The number of methoxy groups -OCH3 is 2. The van der Waals surface area contributed by atoms with Crippen molar-refractivity contribution in [3.05, 3.63) is 65.0 Å². The van der Waals surface area contributed by atoms with Crippen molar-refractivity contribution in [3.63, 3.8) is 0 Å². The molecule has 2 heterocycles. The molecule has 4 aromatic rings. The van der Waals surface area contributed by atoms with Gasteiger partial charge in [0.15, 0.2) is 16.8 Å². The van der Waals surface area contributed by atoms with E-state index in [0.717, 1.165) is 11.1 Å². The molecule has 0 aliphatic rings. The molecule has 164 valence electrons. The molecule has 0 saturated carbocycles. The Hall–Kier alpha value is -3.36. The quantitative estimate of drug-likeness (QED) is 0.356. The summed E-state index contributed by atoms with van der Waals surface area (Å²) in [5.74, 6) is 2.33. The Balaban J connectivity index is 1.37. The van der Waals surface area contributed by atoms with Crippen LogP contribution >= 0.6 is 22.9 Å². The molecule has 0 unspecified atom stereocenters. The van der Waals surface area contributed by atoms with E-state index in [4.69, 9.17) is 25.5 Å². The van der Waals surface area contributed by atoms with E-state index in [1.165, 1.54) is 11.3 Å². The van der Waals surface area contributed by atoms with Crippen LogP contribution in [0.25, 0.3) is 22.6 Å². The van der Waals surface area contributed by atoms with Gasteiger partial charge in [-0.05, 0) is 42.5 Å². The molecule has 0 atom stereocenters. The van der Waals surface area contributed by atoms with Crippen LogP contribution in [-0.2, 0) is 11.2 Å². The van der Waals surface area contributed by atoms with Crippen molar-refractivity contribution in [2.24, 2.45) is 0 Å². The monoisotopic (exact) mass is 469 g/mol. The van der Waals surface area contributed by atoms with E-state index in [9.17, 15) is 4.79 Å². The third kappa shape index (κ3) is 5.09. The Labute approximate surface area is 194 Å². The van der Waals surface area contributed by atoms with Crippen LogP contribution in [0.4, 0.5) is 5.13 Å². The summed E-state index contributed by atoms with van der Waals surface area (Å²) >= 11 is 7.25. The zero-order chi connectivity index (χ0) is 22.5. The second-order valence-electron chi connectivity index (χ2n) is 6.78. The zero-order valence-corrected chi connectivity index (χ0v) is 19.0. The van der Waals surface area contributed by atoms with Gasteiger partial charge in [0.2, 0.25) is 5.91 Å².